The van der Waals surface area contributed by atoms with Gasteiger partial charge in [0.05, 0.1) is 22.7 Å². The van der Waals surface area contributed by atoms with Crippen LogP contribution >= 0.6 is 15.9 Å². The maximum absolute atomic E-state index is 5.71. The molecule has 0 spiro atoms. The van der Waals surface area contributed by atoms with Crippen LogP contribution in [0, 0.1) is 6.92 Å². The van der Waals surface area contributed by atoms with Crippen molar-refractivity contribution >= 4 is 21.7 Å². The maximum Gasteiger partial charge on any atom is 0.144 e. The lowest BCUT2D eigenvalue weighted by atomic mass is 9.92. The molecule has 0 saturated carbocycles. The van der Waals surface area contributed by atoms with Crippen LogP contribution in [0.2, 0.25) is 0 Å². The van der Waals surface area contributed by atoms with Crippen molar-refractivity contribution < 1.29 is 4.74 Å². The maximum atomic E-state index is 5.71. The number of halogens is 1. The number of hydrogen-bond acceptors (Lipinski definition) is 4. The Bertz CT molecular complexity index is 645. The van der Waals surface area contributed by atoms with E-state index in [0.717, 1.165) is 34.0 Å². The molecule has 0 radical (unpaired) electrons. The van der Waals surface area contributed by atoms with Crippen molar-refractivity contribution in [3.8, 4) is 5.75 Å². The van der Waals surface area contributed by atoms with Crippen LogP contribution in [0.4, 0.5) is 5.82 Å². The number of ether oxygens (including phenoxy) is 1. The standard InChI is InChI=1S/C15H16BrN3O/c1-9-13(16)15(17-2)19-14(18-9)11-7-8-20-12-6-4-3-5-10(11)12/h3-6,11H,7-8H2,1-2H3,(H,17,18,19). The van der Waals surface area contributed by atoms with Gasteiger partial charge in [-0.2, -0.15) is 0 Å². The summed E-state index contributed by atoms with van der Waals surface area (Å²) in [6.45, 7) is 2.69. The SMILES string of the molecule is CNc1nc(C2CCOc3ccccc32)nc(C)c1Br. The first-order chi connectivity index (χ1) is 9.70. The van der Waals surface area contributed by atoms with Crippen molar-refractivity contribution in [3.05, 3.63) is 45.8 Å². The highest BCUT2D eigenvalue weighted by atomic mass is 79.9. The van der Waals surface area contributed by atoms with Crippen molar-refractivity contribution in [2.24, 2.45) is 0 Å². The molecule has 5 heteroatoms. The minimum absolute atomic E-state index is 0.193. The van der Waals surface area contributed by atoms with E-state index < -0.39 is 0 Å². The van der Waals surface area contributed by atoms with Crippen LogP contribution in [0.25, 0.3) is 0 Å². The molecule has 0 fully saturated rings. The predicted molar refractivity (Wildman–Crippen MR) is 82.4 cm³/mol. The molecule has 1 aromatic carbocycles. The fourth-order valence-electron chi connectivity index (χ4n) is 2.51. The Balaban J connectivity index is 2.09. The van der Waals surface area contributed by atoms with Gasteiger partial charge in [-0.1, -0.05) is 18.2 Å². The van der Waals surface area contributed by atoms with E-state index in [1.54, 1.807) is 0 Å². The summed E-state index contributed by atoms with van der Waals surface area (Å²) in [5, 5.41) is 3.11. The van der Waals surface area contributed by atoms with E-state index in [1.807, 2.05) is 32.2 Å². The summed E-state index contributed by atoms with van der Waals surface area (Å²) >= 11 is 3.52. The molecule has 0 amide bonds. The third-order valence-corrected chi connectivity index (χ3v) is 4.49. The van der Waals surface area contributed by atoms with Crippen molar-refractivity contribution in [1.82, 2.24) is 9.97 Å². The van der Waals surface area contributed by atoms with Gasteiger partial charge < -0.3 is 10.1 Å². The number of rotatable bonds is 2. The summed E-state index contributed by atoms with van der Waals surface area (Å²) in [4.78, 5) is 9.30. The lowest BCUT2D eigenvalue weighted by molar-refractivity contribution is 0.274. The van der Waals surface area contributed by atoms with Crippen LogP contribution in [0.15, 0.2) is 28.7 Å². The molecule has 3 rings (SSSR count). The van der Waals surface area contributed by atoms with E-state index >= 15 is 0 Å². The fourth-order valence-corrected chi connectivity index (χ4v) is 2.89. The van der Waals surface area contributed by atoms with Crippen molar-refractivity contribution in [1.29, 1.82) is 0 Å². The normalized spacial score (nSPS) is 17.2. The molecule has 0 bridgehead atoms. The summed E-state index contributed by atoms with van der Waals surface area (Å²) in [7, 11) is 1.87. The van der Waals surface area contributed by atoms with Gasteiger partial charge in [-0.05, 0) is 35.3 Å². The lowest BCUT2D eigenvalue weighted by Crippen LogP contribution is -2.18. The summed E-state index contributed by atoms with van der Waals surface area (Å²) in [6, 6.07) is 8.13. The third kappa shape index (κ3) is 2.26. The fraction of sp³-hybridized carbons (Fsp3) is 0.333. The smallest absolute Gasteiger partial charge is 0.144 e. The summed E-state index contributed by atoms with van der Waals surface area (Å²) in [5.41, 5.74) is 2.12. The molecule has 1 atom stereocenters. The zero-order valence-corrected chi connectivity index (χ0v) is 13.1. The highest BCUT2D eigenvalue weighted by molar-refractivity contribution is 9.10. The zero-order chi connectivity index (χ0) is 14.1. The van der Waals surface area contributed by atoms with Gasteiger partial charge in [-0.15, -0.1) is 0 Å². The average molecular weight is 334 g/mol. The van der Waals surface area contributed by atoms with Crippen LogP contribution in [0.3, 0.4) is 0 Å². The van der Waals surface area contributed by atoms with Gasteiger partial charge >= 0.3 is 0 Å². The monoisotopic (exact) mass is 333 g/mol. The van der Waals surface area contributed by atoms with Crippen LogP contribution in [0.1, 0.15) is 29.4 Å². The molecule has 1 unspecified atom stereocenters. The molecule has 1 N–H and O–H groups in total. The van der Waals surface area contributed by atoms with E-state index in [0.29, 0.717) is 6.61 Å². The van der Waals surface area contributed by atoms with Gasteiger partial charge in [-0.25, -0.2) is 9.97 Å². The number of aromatic nitrogens is 2. The zero-order valence-electron chi connectivity index (χ0n) is 11.5. The van der Waals surface area contributed by atoms with E-state index in [1.165, 1.54) is 5.56 Å². The molecule has 2 heterocycles. The molecule has 4 nitrogen and oxygen atoms in total. The van der Waals surface area contributed by atoms with Crippen molar-refractivity contribution in [2.75, 3.05) is 19.0 Å². The highest BCUT2D eigenvalue weighted by Gasteiger charge is 2.26. The topological polar surface area (TPSA) is 47.0 Å². The van der Waals surface area contributed by atoms with Crippen LogP contribution in [0.5, 0.6) is 5.75 Å². The second-order valence-corrected chi connectivity index (χ2v) is 5.60. The van der Waals surface area contributed by atoms with Gasteiger partial charge in [0, 0.05) is 12.6 Å². The molecule has 20 heavy (non-hydrogen) atoms. The first kappa shape index (κ1) is 13.4. The van der Waals surface area contributed by atoms with E-state index in [9.17, 15) is 0 Å². The Hall–Kier alpha value is -1.62. The first-order valence-corrected chi connectivity index (χ1v) is 7.43. The van der Waals surface area contributed by atoms with Crippen molar-refractivity contribution in [3.63, 3.8) is 0 Å². The first-order valence-electron chi connectivity index (χ1n) is 6.64. The third-order valence-electron chi connectivity index (χ3n) is 3.54. The second-order valence-electron chi connectivity index (χ2n) is 4.81. The van der Waals surface area contributed by atoms with E-state index in [2.05, 4.69) is 37.3 Å². The van der Waals surface area contributed by atoms with Crippen LogP contribution < -0.4 is 10.1 Å². The largest absolute Gasteiger partial charge is 0.493 e. The Kier molecular flexibility index (Phi) is 3.61. The van der Waals surface area contributed by atoms with E-state index in [4.69, 9.17) is 4.74 Å². The molecule has 1 aliphatic heterocycles. The Morgan fingerprint density at radius 1 is 1.30 bits per heavy atom. The van der Waals surface area contributed by atoms with Gasteiger partial charge in [0.25, 0.3) is 0 Å². The Morgan fingerprint density at radius 3 is 2.90 bits per heavy atom. The summed E-state index contributed by atoms with van der Waals surface area (Å²) in [6.07, 6.45) is 0.904. The van der Waals surface area contributed by atoms with Gasteiger partial charge in [0.15, 0.2) is 0 Å². The minimum atomic E-state index is 0.193. The molecule has 0 aliphatic carbocycles. The minimum Gasteiger partial charge on any atom is -0.493 e. The molecule has 104 valence electrons. The quantitative estimate of drug-likeness (QED) is 0.913. The molecule has 0 saturated heterocycles. The average Bonchev–Trinajstić information content (AvgIpc) is 2.49. The Morgan fingerprint density at radius 2 is 2.10 bits per heavy atom. The number of nitrogens with zero attached hydrogens (tertiary/aromatic N) is 2. The number of hydrogen-bond donors (Lipinski definition) is 1. The molecule has 1 aromatic heterocycles. The molecule has 1 aliphatic rings. The van der Waals surface area contributed by atoms with Crippen LogP contribution in [-0.4, -0.2) is 23.6 Å². The summed E-state index contributed by atoms with van der Waals surface area (Å²) in [5.74, 6) is 2.82. The number of fused-ring (bicyclic) bond motifs is 1. The molecular formula is C15H16BrN3O. The lowest BCUT2D eigenvalue weighted by Gasteiger charge is -2.25. The number of anilines is 1. The second kappa shape index (κ2) is 5.40. The highest BCUT2D eigenvalue weighted by Crippen LogP contribution is 2.37. The molecular weight excluding hydrogens is 318 g/mol. The van der Waals surface area contributed by atoms with Gasteiger partial charge in [0.2, 0.25) is 0 Å². The summed E-state index contributed by atoms with van der Waals surface area (Å²) < 4.78 is 6.63. The number of nitrogens with one attached hydrogen (secondary N) is 1. The number of para-hydroxylation sites is 1. The van der Waals surface area contributed by atoms with Gasteiger partial charge in [-0.3, -0.25) is 0 Å². The number of aryl methyl sites for hydroxylation is 1. The van der Waals surface area contributed by atoms with Gasteiger partial charge in [0.1, 0.15) is 17.4 Å². The predicted octanol–water partition coefficient (Wildman–Crippen LogP) is 3.50. The molecule has 2 aromatic rings. The number of benzene rings is 1. The Labute approximate surface area is 126 Å². The van der Waals surface area contributed by atoms with Crippen LogP contribution in [-0.2, 0) is 0 Å². The van der Waals surface area contributed by atoms with Crippen molar-refractivity contribution in [2.45, 2.75) is 19.3 Å². The van der Waals surface area contributed by atoms with E-state index in [-0.39, 0.29) is 5.92 Å².